The zero-order valence-electron chi connectivity index (χ0n) is 16.7. The molecule has 0 radical (unpaired) electrons. The maximum Gasteiger partial charge on any atom is 0.323 e. The van der Waals surface area contributed by atoms with E-state index >= 15 is 0 Å². The smallest absolute Gasteiger partial charge is 0.308 e. The fraction of sp³-hybridized carbons (Fsp3) is 0.0833. The minimum atomic E-state index is -0.294. The number of aryl methyl sites for hydroxylation is 2. The lowest BCUT2D eigenvalue weighted by Crippen LogP contribution is -2.20. The summed E-state index contributed by atoms with van der Waals surface area (Å²) in [5.41, 5.74) is 6.54. The normalized spacial score (nSPS) is 10.6. The van der Waals surface area contributed by atoms with E-state index in [-0.39, 0.29) is 6.03 Å². The Balaban J connectivity index is 1.57. The van der Waals surface area contributed by atoms with E-state index in [9.17, 15) is 4.79 Å². The van der Waals surface area contributed by atoms with Crippen LogP contribution in [0.3, 0.4) is 0 Å². The zero-order valence-corrected chi connectivity index (χ0v) is 18.3. The quantitative estimate of drug-likeness (QED) is 0.366. The average Bonchev–Trinajstić information content (AvgIpc) is 3.08. The van der Waals surface area contributed by atoms with Gasteiger partial charge in [-0.2, -0.15) is 5.10 Å². The first-order chi connectivity index (χ1) is 14.5. The summed E-state index contributed by atoms with van der Waals surface area (Å²) in [6.07, 6.45) is 1.77. The highest BCUT2D eigenvalue weighted by atomic mass is 79.9. The lowest BCUT2D eigenvalue weighted by atomic mass is 10.0. The number of benzene rings is 3. The summed E-state index contributed by atoms with van der Waals surface area (Å²) >= 11 is 3.55. The highest BCUT2D eigenvalue weighted by Crippen LogP contribution is 2.32. The molecule has 1 heterocycles. The number of halogens is 1. The zero-order chi connectivity index (χ0) is 21.1. The van der Waals surface area contributed by atoms with Gasteiger partial charge in [-0.1, -0.05) is 54.6 Å². The van der Waals surface area contributed by atoms with Gasteiger partial charge in [-0.15, -0.1) is 0 Å². The van der Waals surface area contributed by atoms with Crippen molar-refractivity contribution in [2.24, 2.45) is 7.05 Å². The SMILES string of the molecule is Cc1ccc(NC(=O)Nc2ccccc2-c2ccccc2)cc1-c1c(Br)cnn1C. The first-order valence-corrected chi connectivity index (χ1v) is 10.3. The fourth-order valence-corrected chi connectivity index (χ4v) is 3.98. The summed E-state index contributed by atoms with van der Waals surface area (Å²) in [6, 6.07) is 23.3. The molecule has 6 heteroatoms. The van der Waals surface area contributed by atoms with Crippen LogP contribution in [0.15, 0.2) is 83.5 Å². The van der Waals surface area contributed by atoms with Gasteiger partial charge in [0.05, 0.1) is 22.1 Å². The van der Waals surface area contributed by atoms with E-state index in [0.29, 0.717) is 5.69 Å². The molecule has 0 unspecified atom stereocenters. The van der Waals surface area contributed by atoms with Crippen LogP contribution in [0.4, 0.5) is 16.2 Å². The average molecular weight is 461 g/mol. The molecule has 4 aromatic rings. The molecule has 0 aliphatic heterocycles. The van der Waals surface area contributed by atoms with Crippen molar-refractivity contribution < 1.29 is 4.79 Å². The van der Waals surface area contributed by atoms with Crippen molar-refractivity contribution >= 4 is 33.3 Å². The van der Waals surface area contributed by atoms with Crippen molar-refractivity contribution in [2.45, 2.75) is 6.92 Å². The third kappa shape index (κ3) is 4.14. The van der Waals surface area contributed by atoms with Crippen LogP contribution in [-0.4, -0.2) is 15.8 Å². The summed E-state index contributed by atoms with van der Waals surface area (Å²) < 4.78 is 2.72. The van der Waals surface area contributed by atoms with Gasteiger partial charge in [0.1, 0.15) is 0 Å². The lowest BCUT2D eigenvalue weighted by molar-refractivity contribution is 0.262. The molecule has 4 rings (SSSR count). The molecule has 0 aliphatic carbocycles. The van der Waals surface area contributed by atoms with Crippen LogP contribution < -0.4 is 10.6 Å². The Labute approximate surface area is 183 Å². The number of amides is 2. The minimum Gasteiger partial charge on any atom is -0.308 e. The number of carbonyl (C=O) groups is 1. The molecule has 3 aromatic carbocycles. The van der Waals surface area contributed by atoms with Gasteiger partial charge in [-0.3, -0.25) is 4.68 Å². The van der Waals surface area contributed by atoms with Crippen LogP contribution >= 0.6 is 15.9 Å². The third-order valence-electron chi connectivity index (χ3n) is 4.90. The van der Waals surface area contributed by atoms with Gasteiger partial charge < -0.3 is 10.6 Å². The standard InChI is InChI=1S/C24H21BrN4O/c1-16-12-13-18(14-20(16)23-21(25)15-26-29(23)2)27-24(30)28-22-11-7-6-10-19(22)17-8-4-3-5-9-17/h3-15H,1-2H3,(H2,27,28,30). The molecule has 1 aromatic heterocycles. The molecule has 0 atom stereocenters. The van der Waals surface area contributed by atoms with Crippen molar-refractivity contribution in [1.82, 2.24) is 9.78 Å². The van der Waals surface area contributed by atoms with E-state index < -0.39 is 0 Å². The Kier molecular flexibility index (Phi) is 5.68. The molecule has 0 fully saturated rings. The second kappa shape index (κ2) is 8.55. The van der Waals surface area contributed by atoms with Gasteiger partial charge in [-0.25, -0.2) is 4.79 Å². The summed E-state index contributed by atoms with van der Waals surface area (Å²) in [5.74, 6) is 0. The molecule has 0 spiro atoms. The number of aromatic nitrogens is 2. The van der Waals surface area contributed by atoms with E-state index in [1.807, 2.05) is 91.4 Å². The molecule has 0 aliphatic rings. The maximum atomic E-state index is 12.7. The molecule has 5 nitrogen and oxygen atoms in total. The molecular weight excluding hydrogens is 440 g/mol. The van der Waals surface area contributed by atoms with Gasteiger partial charge in [-0.05, 0) is 52.2 Å². The molecule has 30 heavy (non-hydrogen) atoms. The van der Waals surface area contributed by atoms with Crippen LogP contribution in [0.2, 0.25) is 0 Å². The number of anilines is 2. The van der Waals surface area contributed by atoms with Crippen LogP contribution in [-0.2, 0) is 7.05 Å². The lowest BCUT2D eigenvalue weighted by Gasteiger charge is -2.14. The largest absolute Gasteiger partial charge is 0.323 e. The number of carbonyl (C=O) groups excluding carboxylic acids is 1. The van der Waals surface area contributed by atoms with E-state index in [1.165, 1.54) is 0 Å². The van der Waals surface area contributed by atoms with Crippen molar-refractivity contribution in [3.8, 4) is 22.4 Å². The number of rotatable bonds is 4. The van der Waals surface area contributed by atoms with Crippen molar-refractivity contribution in [2.75, 3.05) is 10.6 Å². The van der Waals surface area contributed by atoms with Crippen molar-refractivity contribution in [1.29, 1.82) is 0 Å². The van der Waals surface area contributed by atoms with E-state index in [4.69, 9.17) is 0 Å². The molecule has 2 amide bonds. The molecular formula is C24H21BrN4O. The Morgan fingerprint density at radius 1 is 0.933 bits per heavy atom. The number of para-hydroxylation sites is 1. The molecule has 2 N–H and O–H groups in total. The van der Waals surface area contributed by atoms with Gasteiger partial charge in [0.15, 0.2) is 0 Å². The highest BCUT2D eigenvalue weighted by molar-refractivity contribution is 9.10. The molecule has 0 saturated carbocycles. The number of hydrogen-bond acceptors (Lipinski definition) is 2. The predicted molar refractivity (Wildman–Crippen MR) is 126 cm³/mol. The van der Waals surface area contributed by atoms with Crippen LogP contribution in [0, 0.1) is 6.92 Å². The highest BCUT2D eigenvalue weighted by Gasteiger charge is 2.14. The Morgan fingerprint density at radius 3 is 2.40 bits per heavy atom. The first kappa shape index (κ1) is 19.9. The second-order valence-corrected chi connectivity index (χ2v) is 7.84. The van der Waals surface area contributed by atoms with Gasteiger partial charge in [0.2, 0.25) is 0 Å². The summed E-state index contributed by atoms with van der Waals surface area (Å²) in [5, 5.41) is 10.2. The maximum absolute atomic E-state index is 12.7. The van der Waals surface area contributed by atoms with Crippen LogP contribution in [0.5, 0.6) is 0 Å². The second-order valence-electron chi connectivity index (χ2n) is 6.99. The van der Waals surface area contributed by atoms with Gasteiger partial charge >= 0.3 is 6.03 Å². The number of urea groups is 1. The van der Waals surface area contributed by atoms with E-state index in [0.717, 1.165) is 38.1 Å². The monoisotopic (exact) mass is 460 g/mol. The molecule has 0 bridgehead atoms. The predicted octanol–water partition coefficient (Wildman–Crippen LogP) is 6.47. The summed E-state index contributed by atoms with van der Waals surface area (Å²) in [7, 11) is 1.90. The van der Waals surface area contributed by atoms with Crippen LogP contribution in [0.25, 0.3) is 22.4 Å². The first-order valence-electron chi connectivity index (χ1n) is 9.54. The number of hydrogen-bond donors (Lipinski definition) is 2. The van der Waals surface area contributed by atoms with E-state index in [1.54, 1.807) is 6.20 Å². The van der Waals surface area contributed by atoms with Crippen molar-refractivity contribution in [3.63, 3.8) is 0 Å². The Bertz CT molecular complexity index is 1180. The minimum absolute atomic E-state index is 0.294. The summed E-state index contributed by atoms with van der Waals surface area (Å²) in [4.78, 5) is 12.7. The van der Waals surface area contributed by atoms with Crippen molar-refractivity contribution in [3.05, 3.63) is 89.0 Å². The van der Waals surface area contributed by atoms with E-state index in [2.05, 4.69) is 31.7 Å². The molecule has 150 valence electrons. The van der Waals surface area contributed by atoms with Crippen LogP contribution in [0.1, 0.15) is 5.56 Å². The Morgan fingerprint density at radius 2 is 1.67 bits per heavy atom. The fourth-order valence-electron chi connectivity index (χ4n) is 3.41. The third-order valence-corrected chi connectivity index (χ3v) is 5.49. The van der Waals surface area contributed by atoms with Gasteiger partial charge in [0.25, 0.3) is 0 Å². The van der Waals surface area contributed by atoms with Gasteiger partial charge in [0, 0.05) is 23.9 Å². The topological polar surface area (TPSA) is 59.0 Å². The number of nitrogens with one attached hydrogen (secondary N) is 2. The Hall–Kier alpha value is -3.38. The number of nitrogens with zero attached hydrogens (tertiary/aromatic N) is 2. The summed E-state index contributed by atoms with van der Waals surface area (Å²) in [6.45, 7) is 2.04. The molecule has 0 saturated heterocycles.